The van der Waals surface area contributed by atoms with Crippen LogP contribution in [-0.2, 0) is 9.59 Å². The molecule has 0 aromatic carbocycles. The molecule has 0 fully saturated rings. The van der Waals surface area contributed by atoms with E-state index in [-0.39, 0.29) is 5.91 Å². The van der Waals surface area contributed by atoms with Crippen molar-refractivity contribution in [1.82, 2.24) is 5.32 Å². The fourth-order valence-corrected chi connectivity index (χ4v) is 4.54. The zero-order valence-corrected chi connectivity index (χ0v) is 29.5. The smallest absolute Gasteiger partial charge is 0.217 e. The minimum Gasteiger partial charge on any atom is -0.370 e. The summed E-state index contributed by atoms with van der Waals surface area (Å²) in [6, 6.07) is 0. The Morgan fingerprint density at radius 3 is 1.42 bits per heavy atom. The first-order valence-corrected chi connectivity index (χ1v) is 18.4. The van der Waals surface area contributed by atoms with Crippen molar-refractivity contribution in [1.29, 1.82) is 0 Å². The lowest BCUT2D eigenvalue weighted by Crippen LogP contribution is -2.09. The van der Waals surface area contributed by atoms with Crippen molar-refractivity contribution in [3.05, 3.63) is 36.5 Å². The standard InChI is InChI=1S/C18H31NO.C14H28O.C7H17N/c1-2-3-4-5-6-7-8-9-10-11-12-13-14-15-16-17-18(19)20;1-2-3-4-5-6-7-8-9-10-11-12-13-14-15;1-3-4-5-6-7-8-2/h3-4,6-7,9-10H,2,5,8,11-17H2,1H3,(H2,19,20);14H,2-13H2,1H3;8H,3-7H2,1-2H3/b4-3-,7-6-,10-9-;;. The highest BCUT2D eigenvalue weighted by Gasteiger charge is 1.94. The molecular formula is C39H76N2O2. The fourth-order valence-electron chi connectivity index (χ4n) is 4.54. The molecule has 0 aliphatic carbocycles. The fraction of sp³-hybridized carbons (Fsp3) is 0.795. The summed E-state index contributed by atoms with van der Waals surface area (Å²) in [6.45, 7) is 7.83. The largest absolute Gasteiger partial charge is 0.370 e. The van der Waals surface area contributed by atoms with Crippen LogP contribution in [0.4, 0.5) is 0 Å². The highest BCUT2D eigenvalue weighted by molar-refractivity contribution is 5.73. The molecule has 4 heteroatoms. The van der Waals surface area contributed by atoms with E-state index in [9.17, 15) is 9.59 Å². The van der Waals surface area contributed by atoms with Gasteiger partial charge in [-0.05, 0) is 65.0 Å². The van der Waals surface area contributed by atoms with Crippen molar-refractivity contribution in [3.63, 3.8) is 0 Å². The Kier molecular flexibility index (Phi) is 50.3. The molecule has 0 radical (unpaired) electrons. The molecule has 3 N–H and O–H groups in total. The summed E-state index contributed by atoms with van der Waals surface area (Å²) in [5, 5.41) is 3.13. The van der Waals surface area contributed by atoms with E-state index >= 15 is 0 Å². The minimum atomic E-state index is -0.175. The van der Waals surface area contributed by atoms with Gasteiger partial charge in [-0.25, -0.2) is 0 Å². The zero-order valence-electron chi connectivity index (χ0n) is 29.5. The minimum absolute atomic E-state index is 0.175. The van der Waals surface area contributed by atoms with Gasteiger partial charge in [-0.3, -0.25) is 4.79 Å². The third-order valence-electron chi connectivity index (χ3n) is 7.28. The number of hydrogen-bond acceptors (Lipinski definition) is 3. The monoisotopic (exact) mass is 605 g/mol. The average Bonchev–Trinajstić information content (AvgIpc) is 3.00. The maximum absolute atomic E-state index is 10.5. The maximum atomic E-state index is 10.5. The lowest BCUT2D eigenvalue weighted by atomic mass is 10.1. The summed E-state index contributed by atoms with van der Waals surface area (Å²) < 4.78 is 0. The van der Waals surface area contributed by atoms with Gasteiger partial charge in [0.1, 0.15) is 6.29 Å². The number of amides is 1. The highest BCUT2D eigenvalue weighted by Crippen LogP contribution is 2.11. The second-order valence-corrected chi connectivity index (χ2v) is 11.7. The highest BCUT2D eigenvalue weighted by atomic mass is 16.1. The van der Waals surface area contributed by atoms with Gasteiger partial charge >= 0.3 is 0 Å². The van der Waals surface area contributed by atoms with Crippen LogP contribution in [0, 0.1) is 0 Å². The molecule has 0 spiro atoms. The van der Waals surface area contributed by atoms with Crippen LogP contribution < -0.4 is 11.1 Å². The number of carbonyl (C=O) groups excluding carboxylic acids is 2. The normalized spacial score (nSPS) is 11.1. The average molecular weight is 605 g/mol. The van der Waals surface area contributed by atoms with Gasteiger partial charge in [0.15, 0.2) is 0 Å². The molecule has 254 valence electrons. The molecule has 0 aromatic rings. The predicted octanol–water partition coefficient (Wildman–Crippen LogP) is 11.7. The van der Waals surface area contributed by atoms with Gasteiger partial charge < -0.3 is 15.8 Å². The van der Waals surface area contributed by atoms with E-state index in [0.29, 0.717) is 6.42 Å². The third-order valence-corrected chi connectivity index (χ3v) is 7.28. The molecule has 0 saturated carbocycles. The molecule has 0 aliphatic heterocycles. The number of nitrogens with one attached hydrogen (secondary N) is 1. The van der Waals surface area contributed by atoms with E-state index in [4.69, 9.17) is 5.73 Å². The van der Waals surface area contributed by atoms with E-state index in [1.807, 2.05) is 7.05 Å². The zero-order chi connectivity index (χ0) is 32.3. The van der Waals surface area contributed by atoms with Crippen LogP contribution in [0.3, 0.4) is 0 Å². The predicted molar refractivity (Wildman–Crippen MR) is 194 cm³/mol. The molecule has 1 amide bonds. The number of hydrogen-bond donors (Lipinski definition) is 2. The summed E-state index contributed by atoms with van der Waals surface area (Å²) in [5.74, 6) is -0.175. The van der Waals surface area contributed by atoms with Crippen LogP contribution in [0.5, 0.6) is 0 Å². The lowest BCUT2D eigenvalue weighted by Gasteiger charge is -2.01. The number of aldehydes is 1. The van der Waals surface area contributed by atoms with Crippen molar-refractivity contribution in [2.75, 3.05) is 13.6 Å². The molecule has 0 aromatic heterocycles. The van der Waals surface area contributed by atoms with Crippen molar-refractivity contribution in [3.8, 4) is 0 Å². The number of rotatable bonds is 30. The van der Waals surface area contributed by atoms with Gasteiger partial charge in [0.05, 0.1) is 0 Å². The van der Waals surface area contributed by atoms with Crippen LogP contribution in [0.1, 0.15) is 188 Å². The Balaban J connectivity index is -0.000000610. The van der Waals surface area contributed by atoms with Crippen LogP contribution in [-0.4, -0.2) is 25.8 Å². The molecule has 0 saturated heterocycles. The first-order valence-electron chi connectivity index (χ1n) is 18.4. The van der Waals surface area contributed by atoms with Crippen molar-refractivity contribution >= 4 is 12.2 Å². The summed E-state index contributed by atoms with van der Waals surface area (Å²) in [7, 11) is 2.01. The summed E-state index contributed by atoms with van der Waals surface area (Å²) in [6.07, 6.45) is 46.2. The van der Waals surface area contributed by atoms with Crippen LogP contribution in [0.25, 0.3) is 0 Å². The Morgan fingerprint density at radius 1 is 0.535 bits per heavy atom. The Labute approximate surface area is 270 Å². The molecule has 43 heavy (non-hydrogen) atoms. The Bertz CT molecular complexity index is 592. The molecule has 0 rings (SSSR count). The van der Waals surface area contributed by atoms with Gasteiger partial charge in [0.2, 0.25) is 5.91 Å². The van der Waals surface area contributed by atoms with Crippen LogP contribution in [0.2, 0.25) is 0 Å². The molecule has 0 bridgehead atoms. The van der Waals surface area contributed by atoms with Crippen LogP contribution in [0.15, 0.2) is 36.5 Å². The Hall–Kier alpha value is -1.68. The van der Waals surface area contributed by atoms with Gasteiger partial charge in [0, 0.05) is 12.8 Å². The van der Waals surface area contributed by atoms with E-state index < -0.39 is 0 Å². The molecule has 0 aliphatic rings. The van der Waals surface area contributed by atoms with E-state index in [1.165, 1.54) is 122 Å². The van der Waals surface area contributed by atoms with Gasteiger partial charge in [0.25, 0.3) is 0 Å². The van der Waals surface area contributed by atoms with E-state index in [1.54, 1.807) is 0 Å². The van der Waals surface area contributed by atoms with Gasteiger partial charge in [-0.1, -0.05) is 160 Å². The van der Waals surface area contributed by atoms with Gasteiger partial charge in [-0.2, -0.15) is 0 Å². The molecule has 0 heterocycles. The topological polar surface area (TPSA) is 72.2 Å². The number of unbranched alkanes of at least 4 members (excludes halogenated alkanes) is 19. The molecular weight excluding hydrogens is 528 g/mol. The molecule has 4 nitrogen and oxygen atoms in total. The lowest BCUT2D eigenvalue weighted by molar-refractivity contribution is -0.118. The van der Waals surface area contributed by atoms with Crippen LogP contribution >= 0.6 is 0 Å². The number of primary amides is 1. The summed E-state index contributed by atoms with van der Waals surface area (Å²) >= 11 is 0. The number of nitrogens with two attached hydrogens (primary N) is 1. The number of carbonyl (C=O) groups is 2. The van der Waals surface area contributed by atoms with E-state index in [0.717, 1.165) is 51.2 Å². The van der Waals surface area contributed by atoms with E-state index in [2.05, 4.69) is 62.5 Å². The summed E-state index contributed by atoms with van der Waals surface area (Å²) in [4.78, 5) is 20.6. The SMILES string of the molecule is CC/C=C\C/C=C\C/C=C\CCCCCCCC(N)=O.CCCCCCCCCCCCCC=O.CCCCCCNC. The first kappa shape index (κ1) is 45.7. The molecule has 0 unspecified atom stereocenters. The van der Waals surface area contributed by atoms with Crippen molar-refractivity contribution in [2.24, 2.45) is 5.73 Å². The maximum Gasteiger partial charge on any atom is 0.217 e. The van der Waals surface area contributed by atoms with Crippen molar-refractivity contribution in [2.45, 2.75) is 188 Å². The first-order chi connectivity index (χ1) is 21.1. The third kappa shape index (κ3) is 56.7. The Morgan fingerprint density at radius 2 is 0.953 bits per heavy atom. The second-order valence-electron chi connectivity index (χ2n) is 11.7. The molecule has 0 atom stereocenters. The summed E-state index contributed by atoms with van der Waals surface area (Å²) in [5.41, 5.74) is 5.09. The second kappa shape index (κ2) is 47.3. The number of allylic oxidation sites excluding steroid dienone is 6. The van der Waals surface area contributed by atoms with Crippen molar-refractivity contribution < 1.29 is 9.59 Å². The van der Waals surface area contributed by atoms with Gasteiger partial charge in [-0.15, -0.1) is 0 Å². The quantitative estimate of drug-likeness (QED) is 0.0486.